The van der Waals surface area contributed by atoms with Crippen molar-refractivity contribution in [2.24, 2.45) is 17.8 Å². The van der Waals surface area contributed by atoms with Crippen molar-refractivity contribution in [1.82, 2.24) is 5.32 Å². The number of hydrogen-bond donors (Lipinski definition) is 1. The van der Waals surface area contributed by atoms with E-state index in [2.05, 4.69) is 59.4 Å². The highest BCUT2D eigenvalue weighted by molar-refractivity contribution is 9.10. The molecular weight excluding hydrogens is 286 g/mol. The largest absolute Gasteiger partial charge is 0.316 e. The fourth-order valence-electron chi connectivity index (χ4n) is 2.66. The lowest BCUT2D eigenvalue weighted by Gasteiger charge is -2.37. The summed E-state index contributed by atoms with van der Waals surface area (Å²) in [5.74, 6) is 2.55. The molecule has 1 fully saturated rings. The van der Waals surface area contributed by atoms with Crippen LogP contribution >= 0.6 is 15.9 Å². The maximum Gasteiger partial charge on any atom is 0.0175 e. The number of hydrogen-bond acceptors (Lipinski definition) is 1. The van der Waals surface area contributed by atoms with E-state index in [9.17, 15) is 0 Å². The first-order chi connectivity index (χ1) is 8.65. The van der Waals surface area contributed by atoms with Gasteiger partial charge in [0.05, 0.1) is 0 Å². The van der Waals surface area contributed by atoms with E-state index in [0.717, 1.165) is 24.3 Å². The van der Waals surface area contributed by atoms with E-state index in [1.807, 2.05) is 0 Å². The molecule has 1 saturated carbocycles. The topological polar surface area (TPSA) is 12.0 Å². The van der Waals surface area contributed by atoms with Gasteiger partial charge in [-0.1, -0.05) is 41.9 Å². The van der Waals surface area contributed by atoms with Gasteiger partial charge in [-0.15, -0.1) is 0 Å². The second-order valence-electron chi connectivity index (χ2n) is 5.98. The number of halogens is 1. The summed E-state index contributed by atoms with van der Waals surface area (Å²) in [4.78, 5) is 0. The van der Waals surface area contributed by atoms with Gasteiger partial charge in [-0.3, -0.25) is 0 Å². The van der Waals surface area contributed by atoms with Crippen molar-refractivity contribution in [2.75, 3.05) is 13.1 Å². The second-order valence-corrected chi connectivity index (χ2v) is 6.90. The van der Waals surface area contributed by atoms with Crippen LogP contribution in [0.4, 0.5) is 0 Å². The van der Waals surface area contributed by atoms with Crippen LogP contribution in [0.25, 0.3) is 0 Å². The fourth-order valence-corrected chi connectivity index (χ4v) is 2.92. The van der Waals surface area contributed by atoms with Gasteiger partial charge in [-0.25, -0.2) is 0 Å². The zero-order chi connectivity index (χ0) is 13.0. The number of benzene rings is 1. The van der Waals surface area contributed by atoms with Crippen LogP contribution < -0.4 is 5.32 Å². The first-order valence-corrected chi connectivity index (χ1v) is 7.89. The molecule has 0 bridgehead atoms. The maximum absolute atomic E-state index is 3.60. The highest BCUT2D eigenvalue weighted by Gasteiger charge is 2.30. The van der Waals surface area contributed by atoms with Gasteiger partial charge in [0.1, 0.15) is 0 Å². The molecule has 1 nitrogen and oxygen atoms in total. The molecule has 100 valence electrons. The smallest absolute Gasteiger partial charge is 0.0175 e. The van der Waals surface area contributed by atoms with E-state index in [0.29, 0.717) is 0 Å². The third-order valence-corrected chi connectivity index (χ3v) is 4.47. The summed E-state index contributed by atoms with van der Waals surface area (Å²) in [6, 6.07) is 8.81. The second kappa shape index (κ2) is 6.72. The van der Waals surface area contributed by atoms with Crippen molar-refractivity contribution in [3.05, 3.63) is 34.3 Å². The monoisotopic (exact) mass is 309 g/mol. The van der Waals surface area contributed by atoms with Crippen LogP contribution in [0.1, 0.15) is 32.3 Å². The van der Waals surface area contributed by atoms with Crippen LogP contribution in [-0.4, -0.2) is 13.1 Å². The van der Waals surface area contributed by atoms with Crippen molar-refractivity contribution in [3.63, 3.8) is 0 Å². The van der Waals surface area contributed by atoms with E-state index in [-0.39, 0.29) is 0 Å². The first kappa shape index (κ1) is 14.1. The molecule has 1 aromatic rings. The van der Waals surface area contributed by atoms with E-state index in [1.165, 1.54) is 35.8 Å². The minimum absolute atomic E-state index is 0.759. The highest BCUT2D eigenvalue weighted by Crippen LogP contribution is 2.36. The van der Waals surface area contributed by atoms with Crippen molar-refractivity contribution >= 4 is 15.9 Å². The van der Waals surface area contributed by atoms with Gasteiger partial charge in [0, 0.05) is 4.47 Å². The molecule has 1 aliphatic carbocycles. The van der Waals surface area contributed by atoms with Crippen molar-refractivity contribution in [3.8, 4) is 0 Å². The lowest BCUT2D eigenvalue weighted by molar-refractivity contribution is 0.169. The van der Waals surface area contributed by atoms with Crippen LogP contribution in [0.2, 0.25) is 0 Å². The average molecular weight is 310 g/mol. The van der Waals surface area contributed by atoms with Gasteiger partial charge in [0.25, 0.3) is 0 Å². The summed E-state index contributed by atoms with van der Waals surface area (Å²) in [5.41, 5.74) is 1.48. The zero-order valence-electron chi connectivity index (χ0n) is 11.5. The third kappa shape index (κ3) is 4.10. The van der Waals surface area contributed by atoms with Gasteiger partial charge < -0.3 is 5.32 Å². The Hall–Kier alpha value is -0.340. The van der Waals surface area contributed by atoms with Crippen molar-refractivity contribution < 1.29 is 0 Å². The molecule has 2 atom stereocenters. The summed E-state index contributed by atoms with van der Waals surface area (Å²) in [5, 5.41) is 3.60. The van der Waals surface area contributed by atoms with Crippen LogP contribution in [0, 0.1) is 17.8 Å². The number of nitrogens with one attached hydrogen (secondary N) is 1. The minimum Gasteiger partial charge on any atom is -0.316 e. The molecule has 0 heterocycles. The van der Waals surface area contributed by atoms with Crippen LogP contribution in [0.15, 0.2) is 28.7 Å². The Kier molecular flexibility index (Phi) is 5.25. The molecule has 0 aromatic heterocycles. The summed E-state index contributed by atoms with van der Waals surface area (Å²) >= 11 is 3.49. The van der Waals surface area contributed by atoms with Crippen LogP contribution in [0.5, 0.6) is 0 Å². The molecule has 2 heteroatoms. The SMILES string of the molecule is CC(C)CNCC1CCC1Cc1ccc(Br)cc1. The summed E-state index contributed by atoms with van der Waals surface area (Å²) in [7, 11) is 0. The summed E-state index contributed by atoms with van der Waals surface area (Å²) in [6.07, 6.45) is 4.07. The fraction of sp³-hybridized carbons (Fsp3) is 0.625. The molecule has 2 rings (SSSR count). The Labute approximate surface area is 119 Å². The number of rotatable bonds is 6. The van der Waals surface area contributed by atoms with E-state index < -0.39 is 0 Å². The summed E-state index contributed by atoms with van der Waals surface area (Å²) < 4.78 is 1.18. The molecule has 0 aliphatic heterocycles. The van der Waals surface area contributed by atoms with Crippen molar-refractivity contribution in [1.29, 1.82) is 0 Å². The van der Waals surface area contributed by atoms with Gasteiger partial charge in [-0.2, -0.15) is 0 Å². The predicted octanol–water partition coefficient (Wildman–Crippen LogP) is 4.26. The minimum atomic E-state index is 0.759. The standard InChI is InChI=1S/C16H24BrN/c1-12(2)10-18-11-15-6-5-14(15)9-13-3-7-16(17)8-4-13/h3-4,7-8,12,14-15,18H,5-6,9-11H2,1-2H3. The highest BCUT2D eigenvalue weighted by atomic mass is 79.9. The predicted molar refractivity (Wildman–Crippen MR) is 81.8 cm³/mol. The third-order valence-electron chi connectivity index (χ3n) is 3.95. The molecule has 18 heavy (non-hydrogen) atoms. The molecular formula is C16H24BrN. The Morgan fingerprint density at radius 1 is 1.17 bits per heavy atom. The summed E-state index contributed by atoms with van der Waals surface area (Å²) in [6.45, 7) is 6.90. The van der Waals surface area contributed by atoms with Crippen LogP contribution in [0.3, 0.4) is 0 Å². The Morgan fingerprint density at radius 3 is 2.39 bits per heavy atom. The molecule has 0 radical (unpaired) electrons. The molecule has 1 aliphatic rings. The molecule has 2 unspecified atom stereocenters. The molecule has 1 N–H and O–H groups in total. The van der Waals surface area contributed by atoms with Gasteiger partial charge in [-0.05, 0) is 67.8 Å². The van der Waals surface area contributed by atoms with Crippen molar-refractivity contribution in [2.45, 2.75) is 33.1 Å². The molecule has 1 aromatic carbocycles. The lowest BCUT2D eigenvalue weighted by atomic mass is 9.70. The quantitative estimate of drug-likeness (QED) is 0.827. The van der Waals surface area contributed by atoms with Gasteiger partial charge in [0.15, 0.2) is 0 Å². The van der Waals surface area contributed by atoms with E-state index in [1.54, 1.807) is 0 Å². The first-order valence-electron chi connectivity index (χ1n) is 7.10. The molecule has 0 saturated heterocycles. The van der Waals surface area contributed by atoms with E-state index in [4.69, 9.17) is 0 Å². The molecule has 0 amide bonds. The van der Waals surface area contributed by atoms with Gasteiger partial charge >= 0.3 is 0 Å². The lowest BCUT2D eigenvalue weighted by Crippen LogP contribution is -2.37. The Bertz CT molecular complexity index is 358. The van der Waals surface area contributed by atoms with E-state index >= 15 is 0 Å². The normalized spacial score (nSPS) is 23.1. The zero-order valence-corrected chi connectivity index (χ0v) is 13.0. The Morgan fingerprint density at radius 2 is 1.83 bits per heavy atom. The maximum atomic E-state index is 3.60. The van der Waals surface area contributed by atoms with Crippen LogP contribution in [-0.2, 0) is 6.42 Å². The van der Waals surface area contributed by atoms with Gasteiger partial charge in [0.2, 0.25) is 0 Å². The Balaban J connectivity index is 1.75. The molecule has 0 spiro atoms. The average Bonchev–Trinajstić information content (AvgIpc) is 2.32.